The summed E-state index contributed by atoms with van der Waals surface area (Å²) in [5.41, 5.74) is 1.70. The quantitative estimate of drug-likeness (QED) is 0.662. The molecule has 0 aromatic rings. The highest BCUT2D eigenvalue weighted by atomic mass is 16.4. The lowest BCUT2D eigenvalue weighted by atomic mass is 10.2. The second-order valence-corrected chi connectivity index (χ2v) is 2.42. The molecule has 0 amide bonds. The van der Waals surface area contributed by atoms with Gasteiger partial charge in [0.25, 0.3) is 0 Å². The Labute approximate surface area is 68.2 Å². The summed E-state index contributed by atoms with van der Waals surface area (Å²) in [4.78, 5) is 17.3. The predicted octanol–water partition coefficient (Wildman–Crippen LogP) is 1.21. The van der Waals surface area contributed by atoms with Crippen molar-refractivity contribution in [1.82, 2.24) is 9.97 Å². The maximum absolute atomic E-state index is 10.5. The predicted molar refractivity (Wildman–Crippen MR) is 42.2 cm³/mol. The summed E-state index contributed by atoms with van der Waals surface area (Å²) >= 11 is 0. The van der Waals surface area contributed by atoms with E-state index in [1.165, 1.54) is 6.07 Å². The monoisotopic (exact) mass is 162 g/mol. The van der Waals surface area contributed by atoms with Crippen LogP contribution < -0.4 is 0 Å². The average molecular weight is 162 g/mol. The van der Waals surface area contributed by atoms with Gasteiger partial charge in [0, 0.05) is 6.20 Å². The number of pyridine rings is 1. The number of fused-ring (bicyclic) bond motifs is 1. The molecule has 0 aromatic carbocycles. The Balaban J connectivity index is 2.62. The minimum absolute atomic E-state index is 0.176. The first-order chi connectivity index (χ1) is 5.77. The van der Waals surface area contributed by atoms with Crippen LogP contribution in [0.15, 0.2) is 24.4 Å². The van der Waals surface area contributed by atoms with E-state index in [4.69, 9.17) is 5.11 Å². The van der Waals surface area contributed by atoms with E-state index in [-0.39, 0.29) is 5.69 Å². The first-order valence-electron chi connectivity index (χ1n) is 3.44. The highest BCUT2D eigenvalue weighted by Gasteiger charge is 2.07. The van der Waals surface area contributed by atoms with Crippen LogP contribution in [0.3, 0.4) is 0 Å². The van der Waals surface area contributed by atoms with Gasteiger partial charge in [0.2, 0.25) is 0 Å². The molecule has 2 rings (SSSR count). The molecule has 0 saturated heterocycles. The van der Waals surface area contributed by atoms with E-state index in [0.29, 0.717) is 0 Å². The van der Waals surface area contributed by atoms with E-state index in [1.54, 1.807) is 18.3 Å². The Morgan fingerprint density at radius 2 is 2.25 bits per heavy atom. The fourth-order valence-electron chi connectivity index (χ4n) is 1.06. The fraction of sp³-hybridized carbons (Fsp3) is 0. The molecular formula is C8H6N2O2. The molecule has 0 aromatic heterocycles. The molecule has 60 valence electrons. The molecule has 0 unspecified atom stereocenters. The third-order valence-corrected chi connectivity index (χ3v) is 1.64. The van der Waals surface area contributed by atoms with Gasteiger partial charge in [-0.3, -0.25) is 4.98 Å². The second kappa shape index (κ2) is 2.34. The van der Waals surface area contributed by atoms with Crippen molar-refractivity contribution in [2.24, 2.45) is 0 Å². The van der Waals surface area contributed by atoms with Crippen LogP contribution >= 0.6 is 0 Å². The number of carboxylic acid groups (broad SMARTS) is 1. The van der Waals surface area contributed by atoms with Crippen LogP contribution in [-0.4, -0.2) is 21.0 Å². The molecule has 4 heteroatoms. The number of aromatic carboxylic acids is 1. The van der Waals surface area contributed by atoms with Gasteiger partial charge < -0.3 is 10.1 Å². The summed E-state index contributed by atoms with van der Waals surface area (Å²) in [5.74, 6) is -0.960. The largest absolute Gasteiger partial charge is 0.477 e. The SMILES string of the molecule is O=C(O)c1ccc2nccc-2[nH]1. The van der Waals surface area contributed by atoms with Crippen LogP contribution in [0.25, 0.3) is 11.4 Å². The maximum Gasteiger partial charge on any atom is 0.352 e. The smallest absolute Gasteiger partial charge is 0.352 e. The molecular weight excluding hydrogens is 156 g/mol. The molecule has 0 saturated carbocycles. The molecule has 2 aliphatic rings. The number of aromatic amines is 1. The normalized spacial score (nSPS) is 10.3. The lowest BCUT2D eigenvalue weighted by molar-refractivity contribution is 0.0690. The van der Waals surface area contributed by atoms with Gasteiger partial charge >= 0.3 is 5.97 Å². The zero-order chi connectivity index (χ0) is 8.55. The number of hydrogen-bond acceptors (Lipinski definition) is 2. The topological polar surface area (TPSA) is 66.0 Å². The van der Waals surface area contributed by atoms with Crippen LogP contribution in [0.2, 0.25) is 0 Å². The van der Waals surface area contributed by atoms with Crippen molar-refractivity contribution in [3.05, 3.63) is 30.1 Å². The molecule has 0 spiro atoms. The van der Waals surface area contributed by atoms with Crippen molar-refractivity contribution in [3.63, 3.8) is 0 Å². The number of carbonyl (C=O) groups is 1. The van der Waals surface area contributed by atoms with Gasteiger partial charge in [-0.1, -0.05) is 0 Å². The van der Waals surface area contributed by atoms with Crippen LogP contribution in [-0.2, 0) is 0 Å². The lowest BCUT2D eigenvalue weighted by Gasteiger charge is -1.99. The maximum atomic E-state index is 10.5. The van der Waals surface area contributed by atoms with Gasteiger partial charge in [-0.05, 0) is 18.2 Å². The molecule has 0 bridgehead atoms. The fourth-order valence-corrected chi connectivity index (χ4v) is 1.06. The zero-order valence-electron chi connectivity index (χ0n) is 6.11. The van der Waals surface area contributed by atoms with Crippen molar-refractivity contribution in [2.75, 3.05) is 0 Å². The number of hydrogen-bond donors (Lipinski definition) is 2. The van der Waals surface area contributed by atoms with E-state index < -0.39 is 5.97 Å². The summed E-state index contributed by atoms with van der Waals surface area (Å²) in [6.07, 6.45) is 1.63. The minimum atomic E-state index is -0.960. The van der Waals surface area contributed by atoms with E-state index in [2.05, 4.69) is 9.97 Å². The standard InChI is InChI=1S/C8H6N2O2/c11-8(12)7-2-1-5-6(10-7)3-4-9-5/h1-4,10H,(H,11,12). The Morgan fingerprint density at radius 1 is 1.42 bits per heavy atom. The first kappa shape index (κ1) is 6.84. The van der Waals surface area contributed by atoms with Crippen LogP contribution in [0.4, 0.5) is 0 Å². The van der Waals surface area contributed by atoms with Gasteiger partial charge in [0.1, 0.15) is 5.69 Å². The van der Waals surface area contributed by atoms with Gasteiger partial charge in [-0.2, -0.15) is 0 Å². The molecule has 0 fully saturated rings. The molecule has 4 nitrogen and oxygen atoms in total. The van der Waals surface area contributed by atoms with Gasteiger partial charge in [0.15, 0.2) is 0 Å². The second-order valence-electron chi connectivity index (χ2n) is 2.42. The van der Waals surface area contributed by atoms with Gasteiger partial charge in [0.05, 0.1) is 11.4 Å². The number of nitrogens with zero attached hydrogens (tertiary/aromatic N) is 1. The summed E-state index contributed by atoms with van der Waals surface area (Å²) < 4.78 is 0. The van der Waals surface area contributed by atoms with Gasteiger partial charge in [-0.15, -0.1) is 0 Å². The Morgan fingerprint density at radius 3 is 3.00 bits per heavy atom. The van der Waals surface area contributed by atoms with Crippen molar-refractivity contribution in [3.8, 4) is 11.4 Å². The van der Waals surface area contributed by atoms with E-state index in [0.717, 1.165) is 11.4 Å². The Kier molecular flexibility index (Phi) is 1.33. The van der Waals surface area contributed by atoms with Gasteiger partial charge in [-0.25, -0.2) is 4.79 Å². The molecule has 12 heavy (non-hydrogen) atoms. The van der Waals surface area contributed by atoms with Crippen molar-refractivity contribution in [1.29, 1.82) is 0 Å². The molecule has 0 radical (unpaired) electrons. The number of rotatable bonds is 1. The van der Waals surface area contributed by atoms with E-state index in [1.807, 2.05) is 0 Å². The zero-order valence-corrected chi connectivity index (χ0v) is 6.11. The highest BCUT2D eigenvalue weighted by Crippen LogP contribution is 2.16. The highest BCUT2D eigenvalue weighted by molar-refractivity contribution is 5.86. The Bertz CT molecular complexity index is 394. The van der Waals surface area contributed by atoms with Crippen molar-refractivity contribution in [2.45, 2.75) is 0 Å². The molecule has 0 atom stereocenters. The molecule has 2 N–H and O–H groups in total. The number of H-pyrrole nitrogens is 1. The summed E-state index contributed by atoms with van der Waals surface area (Å²) in [5, 5.41) is 8.63. The summed E-state index contributed by atoms with van der Waals surface area (Å²) in [7, 11) is 0. The number of aromatic nitrogens is 2. The van der Waals surface area contributed by atoms with Crippen LogP contribution in [0.1, 0.15) is 10.5 Å². The third kappa shape index (κ3) is 0.934. The first-order valence-corrected chi connectivity index (χ1v) is 3.44. The number of carboxylic acids is 1. The Hall–Kier alpha value is -1.84. The van der Waals surface area contributed by atoms with E-state index in [9.17, 15) is 4.79 Å². The molecule has 0 aliphatic carbocycles. The average Bonchev–Trinajstić information content (AvgIpc) is 2.49. The summed E-state index contributed by atoms with van der Waals surface area (Å²) in [6.45, 7) is 0. The number of nitrogens with one attached hydrogen (secondary N) is 1. The van der Waals surface area contributed by atoms with Crippen LogP contribution in [0, 0.1) is 0 Å². The lowest BCUT2D eigenvalue weighted by Crippen LogP contribution is -2.00. The van der Waals surface area contributed by atoms with E-state index >= 15 is 0 Å². The molecule has 2 aliphatic heterocycles. The molecule has 2 heterocycles. The van der Waals surface area contributed by atoms with Crippen molar-refractivity contribution < 1.29 is 9.90 Å². The van der Waals surface area contributed by atoms with Crippen LogP contribution in [0.5, 0.6) is 0 Å². The minimum Gasteiger partial charge on any atom is -0.477 e. The third-order valence-electron chi connectivity index (χ3n) is 1.64. The summed E-state index contributed by atoms with van der Waals surface area (Å²) in [6, 6.07) is 4.91. The van der Waals surface area contributed by atoms with Crippen molar-refractivity contribution >= 4 is 5.97 Å².